The summed E-state index contributed by atoms with van der Waals surface area (Å²) in [5.74, 6) is 0.136. The minimum atomic E-state index is -4.37. The van der Waals surface area contributed by atoms with Crippen LogP contribution in [0.5, 0.6) is 5.75 Å². The molecular weight excluding hydrogens is 351 g/mol. The summed E-state index contributed by atoms with van der Waals surface area (Å²) in [6.45, 7) is 0.519. The molecule has 0 aliphatic rings. The van der Waals surface area contributed by atoms with Crippen molar-refractivity contribution < 1.29 is 17.9 Å². The average Bonchev–Trinajstić information content (AvgIpc) is 2.84. The summed E-state index contributed by atoms with van der Waals surface area (Å²) in [4.78, 5) is 0. The Labute approximate surface area is 139 Å². The summed E-state index contributed by atoms with van der Waals surface area (Å²) in [5.41, 5.74) is 1.09. The fourth-order valence-corrected chi connectivity index (χ4v) is 2.79. The fourth-order valence-electron chi connectivity index (χ4n) is 1.76. The van der Waals surface area contributed by atoms with Crippen LogP contribution in [0.25, 0.3) is 0 Å². The zero-order chi connectivity index (χ0) is 17.0. The highest BCUT2D eigenvalue weighted by molar-refractivity contribution is 7.10. The van der Waals surface area contributed by atoms with Gasteiger partial charge in [0.1, 0.15) is 22.4 Å². The predicted molar refractivity (Wildman–Crippen MR) is 81.9 cm³/mol. The number of anilines is 1. The minimum absolute atomic E-state index is 0.136. The van der Waals surface area contributed by atoms with Crippen molar-refractivity contribution in [1.82, 2.24) is 4.37 Å². The van der Waals surface area contributed by atoms with Crippen molar-refractivity contribution in [2.24, 2.45) is 0 Å². The van der Waals surface area contributed by atoms with E-state index >= 15 is 0 Å². The van der Waals surface area contributed by atoms with Crippen molar-refractivity contribution in [3.63, 3.8) is 0 Å². The Hall–Kier alpha value is -1.98. The number of halogens is 4. The third-order valence-electron chi connectivity index (χ3n) is 2.89. The Morgan fingerprint density at radius 2 is 2.04 bits per heavy atom. The molecule has 0 spiro atoms. The third-order valence-corrected chi connectivity index (χ3v) is 4.04. The van der Waals surface area contributed by atoms with Crippen molar-refractivity contribution in [1.29, 1.82) is 5.26 Å². The number of hydrogen-bond donors (Lipinski definition) is 1. The van der Waals surface area contributed by atoms with Crippen LogP contribution >= 0.6 is 23.1 Å². The second-order valence-electron chi connectivity index (χ2n) is 4.63. The lowest BCUT2D eigenvalue weighted by Gasteiger charge is -2.15. The maximum atomic E-state index is 12.1. The van der Waals surface area contributed by atoms with E-state index in [1.165, 1.54) is 12.1 Å². The quantitative estimate of drug-likeness (QED) is 0.832. The molecule has 1 unspecified atom stereocenters. The van der Waals surface area contributed by atoms with Gasteiger partial charge in [-0.15, -0.1) is 0 Å². The third kappa shape index (κ3) is 4.74. The van der Waals surface area contributed by atoms with Gasteiger partial charge in [0.25, 0.3) is 0 Å². The van der Waals surface area contributed by atoms with Gasteiger partial charge in [-0.05, 0) is 36.2 Å². The van der Waals surface area contributed by atoms with Crippen LogP contribution in [0.15, 0.2) is 24.3 Å². The topological polar surface area (TPSA) is 57.9 Å². The van der Waals surface area contributed by atoms with Gasteiger partial charge in [-0.3, -0.25) is 0 Å². The lowest BCUT2D eigenvalue weighted by molar-refractivity contribution is -0.153. The molecule has 0 aliphatic carbocycles. The number of nitriles is 1. The second kappa shape index (κ2) is 7.06. The molecule has 1 N–H and O–H groups in total. The molecule has 1 atom stereocenters. The highest BCUT2D eigenvalue weighted by atomic mass is 35.5. The number of nitrogens with zero attached hydrogens (tertiary/aromatic N) is 2. The van der Waals surface area contributed by atoms with E-state index in [0.717, 1.165) is 17.1 Å². The summed E-state index contributed by atoms with van der Waals surface area (Å²) in [6, 6.07) is 8.01. The normalized spacial score (nSPS) is 12.5. The first-order valence-electron chi connectivity index (χ1n) is 6.41. The summed E-state index contributed by atoms with van der Waals surface area (Å²) >= 11 is 6.87. The van der Waals surface area contributed by atoms with E-state index in [9.17, 15) is 13.2 Å². The molecule has 122 valence electrons. The Kier molecular flexibility index (Phi) is 5.34. The van der Waals surface area contributed by atoms with Crippen LogP contribution in [0.2, 0.25) is 5.15 Å². The zero-order valence-electron chi connectivity index (χ0n) is 11.8. The van der Waals surface area contributed by atoms with Gasteiger partial charge in [-0.1, -0.05) is 23.7 Å². The Morgan fingerprint density at radius 3 is 2.61 bits per heavy atom. The van der Waals surface area contributed by atoms with E-state index < -0.39 is 12.8 Å². The SMILES string of the molecule is CC(Nc1snc(Cl)c1C#N)c1ccc(OCC(F)(F)F)cc1. The molecule has 4 nitrogen and oxygen atoms in total. The molecule has 9 heteroatoms. The largest absolute Gasteiger partial charge is 0.484 e. The molecule has 1 aromatic carbocycles. The van der Waals surface area contributed by atoms with Gasteiger partial charge < -0.3 is 10.1 Å². The first-order chi connectivity index (χ1) is 10.8. The summed E-state index contributed by atoms with van der Waals surface area (Å²) in [7, 11) is 0. The van der Waals surface area contributed by atoms with Gasteiger partial charge in [0.05, 0.1) is 0 Å². The van der Waals surface area contributed by atoms with Gasteiger partial charge in [-0.2, -0.15) is 22.8 Å². The Balaban J connectivity index is 2.03. The van der Waals surface area contributed by atoms with Crippen LogP contribution < -0.4 is 10.1 Å². The van der Waals surface area contributed by atoms with E-state index in [-0.39, 0.29) is 22.5 Å². The minimum Gasteiger partial charge on any atom is -0.484 e. The summed E-state index contributed by atoms with van der Waals surface area (Å²) in [6.07, 6.45) is -4.37. The van der Waals surface area contributed by atoms with Crippen molar-refractivity contribution in [2.75, 3.05) is 11.9 Å². The highest BCUT2D eigenvalue weighted by Crippen LogP contribution is 2.31. The van der Waals surface area contributed by atoms with Crippen LogP contribution in [0.3, 0.4) is 0 Å². The van der Waals surface area contributed by atoms with Crippen molar-refractivity contribution >= 4 is 28.1 Å². The average molecular weight is 362 g/mol. The van der Waals surface area contributed by atoms with Crippen LogP contribution in [-0.4, -0.2) is 17.2 Å². The lowest BCUT2D eigenvalue weighted by Crippen LogP contribution is -2.19. The number of aromatic nitrogens is 1. The Morgan fingerprint density at radius 1 is 1.39 bits per heavy atom. The van der Waals surface area contributed by atoms with Gasteiger partial charge in [0, 0.05) is 6.04 Å². The first kappa shape index (κ1) is 17.4. The maximum Gasteiger partial charge on any atom is 0.422 e. The lowest BCUT2D eigenvalue weighted by atomic mass is 10.1. The number of rotatable bonds is 5. The number of alkyl halides is 3. The fraction of sp³-hybridized carbons (Fsp3) is 0.286. The molecule has 1 heterocycles. The molecule has 0 saturated carbocycles. The highest BCUT2D eigenvalue weighted by Gasteiger charge is 2.28. The van der Waals surface area contributed by atoms with Gasteiger partial charge >= 0.3 is 6.18 Å². The maximum absolute atomic E-state index is 12.1. The number of nitrogens with one attached hydrogen (secondary N) is 1. The van der Waals surface area contributed by atoms with E-state index in [0.29, 0.717) is 5.00 Å². The molecule has 1 aromatic heterocycles. The molecule has 0 aliphatic heterocycles. The molecule has 0 radical (unpaired) electrons. The van der Waals surface area contributed by atoms with Crippen LogP contribution in [0.4, 0.5) is 18.2 Å². The standard InChI is InChI=1S/C14H11ClF3N3OS/c1-8(20-13-11(6-19)12(15)21-23-13)9-2-4-10(5-3-9)22-7-14(16,17)18/h2-5,8,20H,7H2,1H3. The number of benzene rings is 1. The first-order valence-corrected chi connectivity index (χ1v) is 7.56. The van der Waals surface area contributed by atoms with Crippen molar-refractivity contribution in [2.45, 2.75) is 19.1 Å². The van der Waals surface area contributed by atoms with E-state index in [1.54, 1.807) is 12.1 Å². The van der Waals surface area contributed by atoms with Crippen LogP contribution in [0, 0.1) is 11.3 Å². The number of ether oxygens (including phenoxy) is 1. The number of hydrogen-bond acceptors (Lipinski definition) is 5. The molecule has 0 amide bonds. The summed E-state index contributed by atoms with van der Waals surface area (Å²) < 4.78 is 44.8. The van der Waals surface area contributed by atoms with Crippen LogP contribution in [0.1, 0.15) is 24.1 Å². The molecular formula is C14H11ClF3N3OS. The Bertz CT molecular complexity index is 710. The second-order valence-corrected chi connectivity index (χ2v) is 5.76. The molecule has 2 aromatic rings. The van der Waals surface area contributed by atoms with Crippen molar-refractivity contribution in [3.05, 3.63) is 40.5 Å². The molecule has 2 rings (SSSR count). The van der Waals surface area contributed by atoms with Crippen molar-refractivity contribution in [3.8, 4) is 11.8 Å². The van der Waals surface area contributed by atoms with E-state index in [1.807, 2.05) is 13.0 Å². The monoisotopic (exact) mass is 361 g/mol. The molecule has 0 saturated heterocycles. The molecule has 0 fully saturated rings. The van der Waals surface area contributed by atoms with E-state index in [2.05, 4.69) is 14.4 Å². The van der Waals surface area contributed by atoms with Gasteiger partial charge in [-0.25, -0.2) is 0 Å². The van der Waals surface area contributed by atoms with Crippen LogP contribution in [-0.2, 0) is 0 Å². The van der Waals surface area contributed by atoms with E-state index in [4.69, 9.17) is 16.9 Å². The molecule has 23 heavy (non-hydrogen) atoms. The smallest absolute Gasteiger partial charge is 0.422 e. The predicted octanol–water partition coefficient (Wildman–Crippen LogP) is 4.78. The van der Waals surface area contributed by atoms with Gasteiger partial charge in [0.15, 0.2) is 11.8 Å². The van der Waals surface area contributed by atoms with Gasteiger partial charge in [0.2, 0.25) is 0 Å². The summed E-state index contributed by atoms with van der Waals surface area (Å²) in [5, 5.41) is 12.8. The molecule has 0 bridgehead atoms. The zero-order valence-corrected chi connectivity index (χ0v) is 13.4.